The predicted molar refractivity (Wildman–Crippen MR) is 60.4 cm³/mol. The van der Waals surface area contributed by atoms with Gasteiger partial charge in [-0.1, -0.05) is 13.0 Å². The smallest absolute Gasteiger partial charge is 0.0469 e. The molecule has 1 unspecified atom stereocenters. The second kappa shape index (κ2) is 7.02. The van der Waals surface area contributed by atoms with Crippen LogP contribution in [0.3, 0.4) is 0 Å². The molecule has 1 heterocycles. The Hall–Kier alpha value is -0.340. The van der Waals surface area contributed by atoms with E-state index < -0.39 is 0 Å². The van der Waals surface area contributed by atoms with Crippen molar-refractivity contribution in [2.75, 3.05) is 19.8 Å². The summed E-state index contributed by atoms with van der Waals surface area (Å²) in [6.45, 7) is 8.93. The van der Waals surface area contributed by atoms with E-state index in [4.69, 9.17) is 4.74 Å². The molecule has 2 heteroatoms. The molecule has 1 atom stereocenters. The second-order valence-electron chi connectivity index (χ2n) is 3.98. The lowest BCUT2D eigenvalue weighted by molar-refractivity contribution is 0.0529. The third-order valence-corrected chi connectivity index (χ3v) is 2.98. The summed E-state index contributed by atoms with van der Waals surface area (Å²) in [5.41, 5.74) is 0. The molecule has 14 heavy (non-hydrogen) atoms. The molecule has 1 N–H and O–H groups in total. The number of hydrogen-bond acceptors (Lipinski definition) is 2. The van der Waals surface area contributed by atoms with Gasteiger partial charge in [0.2, 0.25) is 0 Å². The van der Waals surface area contributed by atoms with Crippen molar-refractivity contribution in [1.29, 1.82) is 0 Å². The molecule has 1 fully saturated rings. The van der Waals surface area contributed by atoms with Gasteiger partial charge >= 0.3 is 0 Å². The Labute approximate surface area is 87.7 Å². The van der Waals surface area contributed by atoms with Crippen molar-refractivity contribution in [2.45, 2.75) is 38.6 Å². The lowest BCUT2D eigenvalue weighted by Gasteiger charge is -2.30. The van der Waals surface area contributed by atoms with E-state index in [-0.39, 0.29) is 0 Å². The van der Waals surface area contributed by atoms with Crippen molar-refractivity contribution in [2.24, 2.45) is 5.92 Å². The van der Waals surface area contributed by atoms with Crippen LogP contribution >= 0.6 is 0 Å². The number of rotatable bonds is 6. The molecule has 2 nitrogen and oxygen atoms in total. The first-order valence-electron chi connectivity index (χ1n) is 5.80. The van der Waals surface area contributed by atoms with Gasteiger partial charge in [0.15, 0.2) is 0 Å². The van der Waals surface area contributed by atoms with Crippen molar-refractivity contribution >= 4 is 0 Å². The van der Waals surface area contributed by atoms with Crippen LogP contribution in [0.15, 0.2) is 12.7 Å². The van der Waals surface area contributed by atoms with Crippen molar-refractivity contribution < 1.29 is 4.74 Å². The van der Waals surface area contributed by atoms with Gasteiger partial charge in [-0.25, -0.2) is 0 Å². The molecule has 0 aromatic rings. The number of hydrogen-bond donors (Lipinski definition) is 1. The van der Waals surface area contributed by atoms with Crippen LogP contribution in [0.25, 0.3) is 0 Å². The summed E-state index contributed by atoms with van der Waals surface area (Å²) < 4.78 is 5.38. The minimum atomic E-state index is 0.668. The molecule has 0 bridgehead atoms. The van der Waals surface area contributed by atoms with Crippen molar-refractivity contribution in [1.82, 2.24) is 5.32 Å². The molecule has 1 aliphatic heterocycles. The maximum atomic E-state index is 5.38. The van der Waals surface area contributed by atoms with Gasteiger partial charge in [-0.05, 0) is 38.1 Å². The first kappa shape index (κ1) is 11.7. The fraction of sp³-hybridized carbons (Fsp3) is 0.833. The third-order valence-electron chi connectivity index (χ3n) is 2.98. The zero-order valence-corrected chi connectivity index (χ0v) is 9.30. The standard InChI is InChI=1S/C12H23NO/c1-3-5-6-12(13-4-2)11-7-9-14-10-8-11/h3,11-13H,1,4-10H2,2H3. The van der Waals surface area contributed by atoms with Crippen LogP contribution in [0.1, 0.15) is 32.6 Å². The molecule has 1 aliphatic rings. The van der Waals surface area contributed by atoms with Gasteiger partial charge in [-0.15, -0.1) is 6.58 Å². The van der Waals surface area contributed by atoms with E-state index in [1.165, 1.54) is 19.3 Å². The second-order valence-corrected chi connectivity index (χ2v) is 3.98. The average Bonchev–Trinajstić information content (AvgIpc) is 2.25. The highest BCUT2D eigenvalue weighted by Gasteiger charge is 2.22. The lowest BCUT2D eigenvalue weighted by Crippen LogP contribution is -2.38. The van der Waals surface area contributed by atoms with Gasteiger partial charge < -0.3 is 10.1 Å². The Balaban J connectivity index is 2.33. The minimum Gasteiger partial charge on any atom is -0.381 e. The predicted octanol–water partition coefficient (Wildman–Crippen LogP) is 2.36. The Kier molecular flexibility index (Phi) is 5.88. The number of ether oxygens (including phenoxy) is 1. The van der Waals surface area contributed by atoms with Crippen molar-refractivity contribution in [3.8, 4) is 0 Å². The molecule has 0 amide bonds. The summed E-state index contributed by atoms with van der Waals surface area (Å²) in [5.74, 6) is 0.809. The molecule has 0 saturated carbocycles. The molecule has 0 radical (unpaired) electrons. The van der Waals surface area contributed by atoms with Crippen molar-refractivity contribution in [3.05, 3.63) is 12.7 Å². The highest BCUT2D eigenvalue weighted by molar-refractivity contribution is 4.81. The van der Waals surface area contributed by atoms with E-state index in [1.54, 1.807) is 0 Å². The largest absolute Gasteiger partial charge is 0.381 e. The van der Waals surface area contributed by atoms with Crippen LogP contribution < -0.4 is 5.32 Å². The van der Waals surface area contributed by atoms with Crippen LogP contribution in [0.2, 0.25) is 0 Å². The molecule has 0 spiro atoms. The van der Waals surface area contributed by atoms with Gasteiger partial charge in [0.1, 0.15) is 0 Å². The molecular formula is C12H23NO. The van der Waals surface area contributed by atoms with Gasteiger partial charge in [-0.2, -0.15) is 0 Å². The highest BCUT2D eigenvalue weighted by atomic mass is 16.5. The van der Waals surface area contributed by atoms with Crippen molar-refractivity contribution in [3.63, 3.8) is 0 Å². The summed E-state index contributed by atoms with van der Waals surface area (Å²) in [6, 6.07) is 0.668. The van der Waals surface area contributed by atoms with Crippen LogP contribution in [0.4, 0.5) is 0 Å². The van der Waals surface area contributed by atoms with Gasteiger partial charge in [0.25, 0.3) is 0 Å². The Bertz CT molecular complexity index is 152. The minimum absolute atomic E-state index is 0.668. The van der Waals surface area contributed by atoms with Crippen LogP contribution in [-0.2, 0) is 4.74 Å². The lowest BCUT2D eigenvalue weighted by atomic mass is 9.89. The Morgan fingerprint density at radius 1 is 1.50 bits per heavy atom. The Morgan fingerprint density at radius 2 is 2.21 bits per heavy atom. The van der Waals surface area contributed by atoms with Gasteiger partial charge in [-0.3, -0.25) is 0 Å². The van der Waals surface area contributed by atoms with E-state index in [2.05, 4.69) is 18.8 Å². The van der Waals surface area contributed by atoms with E-state index in [9.17, 15) is 0 Å². The Morgan fingerprint density at radius 3 is 2.79 bits per heavy atom. The van der Waals surface area contributed by atoms with E-state index in [0.717, 1.165) is 32.1 Å². The first-order valence-corrected chi connectivity index (χ1v) is 5.80. The SMILES string of the molecule is C=CCCC(NCC)C1CCOCC1. The van der Waals surface area contributed by atoms with Crippen LogP contribution in [-0.4, -0.2) is 25.8 Å². The summed E-state index contributed by atoms with van der Waals surface area (Å²) in [7, 11) is 0. The first-order chi connectivity index (χ1) is 6.88. The van der Waals surface area contributed by atoms with E-state index in [1.807, 2.05) is 6.08 Å². The monoisotopic (exact) mass is 197 g/mol. The quantitative estimate of drug-likeness (QED) is 0.660. The fourth-order valence-electron chi connectivity index (χ4n) is 2.18. The summed E-state index contributed by atoms with van der Waals surface area (Å²) >= 11 is 0. The van der Waals surface area contributed by atoms with Crippen LogP contribution in [0, 0.1) is 5.92 Å². The maximum absolute atomic E-state index is 5.38. The zero-order chi connectivity index (χ0) is 10.2. The molecule has 82 valence electrons. The topological polar surface area (TPSA) is 21.3 Å². The normalized spacial score (nSPS) is 20.6. The zero-order valence-electron chi connectivity index (χ0n) is 9.30. The molecule has 0 aromatic carbocycles. The highest BCUT2D eigenvalue weighted by Crippen LogP contribution is 2.21. The number of nitrogens with one attached hydrogen (secondary N) is 1. The van der Waals surface area contributed by atoms with E-state index in [0.29, 0.717) is 6.04 Å². The van der Waals surface area contributed by atoms with E-state index >= 15 is 0 Å². The molecule has 1 saturated heterocycles. The average molecular weight is 197 g/mol. The summed E-state index contributed by atoms with van der Waals surface area (Å²) in [5, 5.41) is 3.58. The maximum Gasteiger partial charge on any atom is 0.0469 e. The molecule has 0 aliphatic carbocycles. The summed E-state index contributed by atoms with van der Waals surface area (Å²) in [6.07, 6.45) is 6.80. The summed E-state index contributed by atoms with van der Waals surface area (Å²) in [4.78, 5) is 0. The molecular weight excluding hydrogens is 174 g/mol. The van der Waals surface area contributed by atoms with Gasteiger partial charge in [0, 0.05) is 19.3 Å². The molecule has 0 aromatic heterocycles. The van der Waals surface area contributed by atoms with Gasteiger partial charge in [0.05, 0.1) is 0 Å². The third kappa shape index (κ3) is 3.81. The number of allylic oxidation sites excluding steroid dienone is 1. The van der Waals surface area contributed by atoms with Crippen LogP contribution in [0.5, 0.6) is 0 Å². The fourth-order valence-corrected chi connectivity index (χ4v) is 2.18. The molecule has 1 rings (SSSR count).